The standard InChI is InChI=1S/C17H34N2O4/c1-13-9-7-8-10-17(13,19-11-14(21-5)22-6)12-18-15(20)23-16(2,3)4/h13-14,19H,7-12H2,1-6H3,(H,18,20). The lowest BCUT2D eigenvalue weighted by molar-refractivity contribution is -0.104. The topological polar surface area (TPSA) is 68.8 Å². The predicted octanol–water partition coefficient (Wildman–Crippen LogP) is 2.67. The molecule has 1 rings (SSSR count). The van der Waals surface area contributed by atoms with Gasteiger partial charge >= 0.3 is 6.09 Å². The van der Waals surface area contributed by atoms with Crippen molar-refractivity contribution in [2.45, 2.75) is 70.8 Å². The third-order valence-electron chi connectivity index (χ3n) is 4.55. The van der Waals surface area contributed by atoms with Crippen molar-refractivity contribution in [1.29, 1.82) is 0 Å². The van der Waals surface area contributed by atoms with Gasteiger partial charge in [-0.1, -0.05) is 19.8 Å². The quantitative estimate of drug-likeness (QED) is 0.702. The van der Waals surface area contributed by atoms with Gasteiger partial charge in [0.2, 0.25) is 0 Å². The molecule has 136 valence electrons. The van der Waals surface area contributed by atoms with Gasteiger partial charge in [-0.05, 0) is 39.5 Å². The van der Waals surface area contributed by atoms with E-state index in [1.54, 1.807) is 14.2 Å². The summed E-state index contributed by atoms with van der Waals surface area (Å²) in [6.07, 6.45) is 3.89. The first kappa shape index (κ1) is 20.2. The minimum absolute atomic E-state index is 0.148. The summed E-state index contributed by atoms with van der Waals surface area (Å²) in [6, 6.07) is 0. The molecule has 0 aliphatic heterocycles. The van der Waals surface area contributed by atoms with Crippen molar-refractivity contribution in [2.75, 3.05) is 27.3 Å². The van der Waals surface area contributed by atoms with Crippen molar-refractivity contribution in [3.05, 3.63) is 0 Å². The molecule has 1 amide bonds. The second-order valence-corrected chi connectivity index (χ2v) is 7.44. The van der Waals surface area contributed by atoms with Crippen LogP contribution in [-0.4, -0.2) is 50.8 Å². The zero-order valence-corrected chi connectivity index (χ0v) is 15.5. The zero-order chi connectivity index (χ0) is 17.5. The summed E-state index contributed by atoms with van der Waals surface area (Å²) in [4.78, 5) is 12.0. The lowest BCUT2D eigenvalue weighted by Gasteiger charge is -2.44. The molecule has 1 aliphatic carbocycles. The smallest absolute Gasteiger partial charge is 0.407 e. The van der Waals surface area contributed by atoms with E-state index in [9.17, 15) is 4.79 Å². The molecule has 0 spiro atoms. The number of hydrogen-bond donors (Lipinski definition) is 2. The van der Waals surface area contributed by atoms with Crippen LogP contribution in [0.2, 0.25) is 0 Å². The Bertz CT molecular complexity index is 366. The molecule has 23 heavy (non-hydrogen) atoms. The van der Waals surface area contributed by atoms with Crippen molar-refractivity contribution in [1.82, 2.24) is 10.6 Å². The maximum Gasteiger partial charge on any atom is 0.407 e. The minimum atomic E-state index is -0.486. The molecule has 0 heterocycles. The zero-order valence-electron chi connectivity index (χ0n) is 15.5. The van der Waals surface area contributed by atoms with Crippen LogP contribution in [0, 0.1) is 5.92 Å². The van der Waals surface area contributed by atoms with Gasteiger partial charge in [0.05, 0.1) is 0 Å². The number of carbonyl (C=O) groups is 1. The number of alkyl carbamates (subject to hydrolysis) is 1. The maximum atomic E-state index is 12.0. The fraction of sp³-hybridized carbons (Fsp3) is 0.941. The van der Waals surface area contributed by atoms with Crippen molar-refractivity contribution in [3.8, 4) is 0 Å². The van der Waals surface area contributed by atoms with Crippen LogP contribution in [0.4, 0.5) is 4.79 Å². The Morgan fingerprint density at radius 1 is 1.26 bits per heavy atom. The van der Waals surface area contributed by atoms with Crippen LogP contribution in [-0.2, 0) is 14.2 Å². The molecule has 2 unspecified atom stereocenters. The molecule has 0 aromatic carbocycles. The summed E-state index contributed by atoms with van der Waals surface area (Å²) >= 11 is 0. The second-order valence-electron chi connectivity index (χ2n) is 7.44. The first-order valence-electron chi connectivity index (χ1n) is 8.50. The maximum absolute atomic E-state index is 12.0. The van der Waals surface area contributed by atoms with Gasteiger partial charge in [-0.25, -0.2) is 4.79 Å². The van der Waals surface area contributed by atoms with Gasteiger partial charge in [0.25, 0.3) is 0 Å². The Kier molecular flexibility index (Phi) is 7.77. The molecule has 0 aromatic rings. The van der Waals surface area contributed by atoms with Gasteiger partial charge in [-0.2, -0.15) is 0 Å². The molecule has 0 aromatic heterocycles. The van der Waals surface area contributed by atoms with Gasteiger partial charge in [-0.15, -0.1) is 0 Å². The van der Waals surface area contributed by atoms with Crippen LogP contribution in [0.1, 0.15) is 53.4 Å². The highest BCUT2D eigenvalue weighted by Gasteiger charge is 2.38. The van der Waals surface area contributed by atoms with Gasteiger partial charge in [0.15, 0.2) is 6.29 Å². The van der Waals surface area contributed by atoms with Gasteiger partial charge in [-0.3, -0.25) is 0 Å². The van der Waals surface area contributed by atoms with Crippen molar-refractivity contribution < 1.29 is 19.0 Å². The Morgan fingerprint density at radius 3 is 2.43 bits per heavy atom. The van der Waals surface area contributed by atoms with Crippen molar-refractivity contribution in [3.63, 3.8) is 0 Å². The fourth-order valence-electron chi connectivity index (χ4n) is 3.09. The second kappa shape index (κ2) is 8.85. The van der Waals surface area contributed by atoms with E-state index < -0.39 is 5.60 Å². The molecule has 0 bridgehead atoms. The third kappa shape index (κ3) is 6.65. The molecule has 1 aliphatic rings. The van der Waals surface area contributed by atoms with Crippen molar-refractivity contribution in [2.24, 2.45) is 5.92 Å². The van der Waals surface area contributed by atoms with Crippen LogP contribution in [0.3, 0.4) is 0 Å². The highest BCUT2D eigenvalue weighted by atomic mass is 16.7. The van der Waals surface area contributed by atoms with Crippen LogP contribution < -0.4 is 10.6 Å². The summed E-state index contributed by atoms with van der Waals surface area (Å²) in [6.45, 7) is 8.97. The average Bonchev–Trinajstić information content (AvgIpc) is 2.47. The van der Waals surface area contributed by atoms with Gasteiger partial charge in [0.1, 0.15) is 5.60 Å². The molecule has 0 radical (unpaired) electrons. The third-order valence-corrected chi connectivity index (χ3v) is 4.55. The van der Waals surface area contributed by atoms with E-state index in [1.165, 1.54) is 6.42 Å². The van der Waals surface area contributed by atoms with Crippen LogP contribution in [0.15, 0.2) is 0 Å². The Hall–Kier alpha value is -0.850. The van der Waals surface area contributed by atoms with E-state index in [-0.39, 0.29) is 17.9 Å². The number of hydrogen-bond acceptors (Lipinski definition) is 5. The van der Waals surface area contributed by atoms with Gasteiger partial charge < -0.3 is 24.8 Å². The van der Waals surface area contributed by atoms with Crippen LogP contribution in [0.5, 0.6) is 0 Å². The molecule has 0 saturated heterocycles. The first-order chi connectivity index (χ1) is 10.7. The number of methoxy groups -OCH3 is 2. The van der Waals surface area contributed by atoms with Gasteiger partial charge in [0, 0.05) is 32.8 Å². The van der Waals surface area contributed by atoms with E-state index in [4.69, 9.17) is 14.2 Å². The van der Waals surface area contributed by atoms with Crippen LogP contribution >= 0.6 is 0 Å². The number of rotatable bonds is 7. The average molecular weight is 330 g/mol. The first-order valence-corrected chi connectivity index (χ1v) is 8.50. The van der Waals surface area contributed by atoms with E-state index in [1.807, 2.05) is 20.8 Å². The summed E-state index contributed by atoms with van der Waals surface area (Å²) in [5, 5.41) is 6.52. The molecule has 6 nitrogen and oxygen atoms in total. The number of carbonyl (C=O) groups excluding carboxylic acids is 1. The Labute approximate surface area is 140 Å². The van der Waals surface area contributed by atoms with E-state index >= 15 is 0 Å². The summed E-state index contributed by atoms with van der Waals surface area (Å²) in [5.41, 5.74) is -0.634. The number of nitrogens with one attached hydrogen (secondary N) is 2. The highest BCUT2D eigenvalue weighted by Crippen LogP contribution is 2.33. The molecular weight excluding hydrogens is 296 g/mol. The predicted molar refractivity (Wildman–Crippen MR) is 90.4 cm³/mol. The molecular formula is C17H34N2O4. The monoisotopic (exact) mass is 330 g/mol. The molecule has 2 atom stereocenters. The molecule has 1 saturated carbocycles. The summed E-state index contributed by atoms with van der Waals surface area (Å²) in [5.74, 6) is 0.459. The van der Waals surface area contributed by atoms with E-state index in [0.717, 1.165) is 19.3 Å². The highest BCUT2D eigenvalue weighted by molar-refractivity contribution is 5.67. The summed E-state index contributed by atoms with van der Waals surface area (Å²) < 4.78 is 15.9. The SMILES string of the molecule is COC(CNC1(CNC(=O)OC(C)(C)C)CCCCC1C)OC. The molecule has 6 heteroatoms. The van der Waals surface area contributed by atoms with Crippen molar-refractivity contribution >= 4 is 6.09 Å². The fourth-order valence-corrected chi connectivity index (χ4v) is 3.09. The number of amides is 1. The van der Waals surface area contributed by atoms with E-state index in [0.29, 0.717) is 19.0 Å². The largest absolute Gasteiger partial charge is 0.444 e. The minimum Gasteiger partial charge on any atom is -0.444 e. The lowest BCUT2D eigenvalue weighted by Crippen LogP contribution is -2.60. The normalized spacial score (nSPS) is 25.4. The molecule has 1 fully saturated rings. The molecule has 2 N–H and O–H groups in total. The Balaban J connectivity index is 2.66. The lowest BCUT2D eigenvalue weighted by atomic mass is 9.73. The van der Waals surface area contributed by atoms with E-state index in [2.05, 4.69) is 17.6 Å². The van der Waals surface area contributed by atoms with Crippen LogP contribution in [0.25, 0.3) is 0 Å². The Morgan fingerprint density at radius 2 is 1.91 bits per heavy atom. The summed E-state index contributed by atoms with van der Waals surface area (Å²) in [7, 11) is 3.26. The number of ether oxygens (including phenoxy) is 3.